The number of aliphatic imine (C=N–C) groups is 1. The molecule has 6 nitrogen and oxygen atoms in total. The van der Waals surface area contributed by atoms with Gasteiger partial charge in [0.2, 0.25) is 5.95 Å². The molecule has 3 heterocycles. The first-order valence-electron chi connectivity index (χ1n) is 8.60. The number of halogens is 1. The average molecular weight is 340 g/mol. The minimum Gasteiger partial charge on any atom is -0.339 e. The van der Waals surface area contributed by atoms with E-state index < -0.39 is 5.82 Å². The fourth-order valence-corrected chi connectivity index (χ4v) is 3.20. The van der Waals surface area contributed by atoms with E-state index in [1.807, 2.05) is 24.4 Å². The van der Waals surface area contributed by atoms with Gasteiger partial charge in [0, 0.05) is 31.0 Å². The number of nitrogens with one attached hydrogen (secondary N) is 2. The smallest absolute Gasteiger partial charge is 0.227 e. The number of nitrogens with zero attached hydrogens (tertiary/aromatic N) is 4. The van der Waals surface area contributed by atoms with E-state index in [0.717, 1.165) is 37.3 Å². The lowest BCUT2D eigenvalue weighted by atomic mass is 10.1. The lowest BCUT2D eigenvalue weighted by Gasteiger charge is -2.23. The molecule has 0 saturated carbocycles. The fraction of sp³-hybridized carbons (Fsp3) is 0.389. The molecule has 2 aliphatic rings. The van der Waals surface area contributed by atoms with Crippen LogP contribution in [0.15, 0.2) is 29.4 Å². The van der Waals surface area contributed by atoms with E-state index in [1.54, 1.807) is 0 Å². The maximum atomic E-state index is 14.2. The van der Waals surface area contributed by atoms with Gasteiger partial charge in [0.25, 0.3) is 0 Å². The Morgan fingerprint density at radius 3 is 3.20 bits per heavy atom. The van der Waals surface area contributed by atoms with Crippen LogP contribution in [0.5, 0.6) is 0 Å². The van der Waals surface area contributed by atoms with Gasteiger partial charge < -0.3 is 15.5 Å². The molecule has 1 unspecified atom stereocenters. The molecule has 1 aromatic heterocycles. The Hall–Kier alpha value is -2.54. The van der Waals surface area contributed by atoms with Crippen molar-refractivity contribution in [1.29, 1.82) is 0 Å². The third kappa shape index (κ3) is 3.46. The summed E-state index contributed by atoms with van der Waals surface area (Å²) in [5.41, 5.74) is 3.04. The first-order valence-corrected chi connectivity index (χ1v) is 8.60. The molecule has 0 bridgehead atoms. The lowest BCUT2D eigenvalue weighted by molar-refractivity contribution is 0.581. The van der Waals surface area contributed by atoms with Gasteiger partial charge in [-0.15, -0.1) is 0 Å². The number of hydrogen-bond donors (Lipinski definition) is 2. The van der Waals surface area contributed by atoms with E-state index in [1.165, 1.54) is 11.8 Å². The van der Waals surface area contributed by atoms with Crippen molar-refractivity contribution >= 4 is 23.7 Å². The summed E-state index contributed by atoms with van der Waals surface area (Å²) in [4.78, 5) is 15.0. The first kappa shape index (κ1) is 16.0. The Morgan fingerprint density at radius 2 is 2.28 bits per heavy atom. The van der Waals surface area contributed by atoms with Crippen molar-refractivity contribution in [1.82, 2.24) is 15.3 Å². The molecule has 1 atom stereocenters. The Bertz CT molecular complexity index is 806. The topological polar surface area (TPSA) is 65.4 Å². The van der Waals surface area contributed by atoms with Crippen molar-refractivity contribution in [3.8, 4) is 0 Å². The highest BCUT2D eigenvalue weighted by Crippen LogP contribution is 2.24. The van der Waals surface area contributed by atoms with Crippen LogP contribution in [-0.4, -0.2) is 41.9 Å². The van der Waals surface area contributed by atoms with Crippen molar-refractivity contribution in [2.75, 3.05) is 29.9 Å². The van der Waals surface area contributed by atoms with E-state index in [4.69, 9.17) is 0 Å². The van der Waals surface area contributed by atoms with Gasteiger partial charge in [-0.1, -0.05) is 6.07 Å². The van der Waals surface area contributed by atoms with Gasteiger partial charge in [-0.3, -0.25) is 4.99 Å². The Kier molecular flexibility index (Phi) is 4.31. The minimum atomic E-state index is -0.459. The maximum Gasteiger partial charge on any atom is 0.227 e. The summed E-state index contributed by atoms with van der Waals surface area (Å²) in [5, 5.41) is 6.51. The fourth-order valence-electron chi connectivity index (χ4n) is 3.20. The van der Waals surface area contributed by atoms with Crippen molar-refractivity contribution in [3.05, 3.63) is 41.3 Å². The monoisotopic (exact) mass is 340 g/mol. The number of hydrogen-bond acceptors (Lipinski definition) is 6. The molecule has 1 aromatic carbocycles. The van der Waals surface area contributed by atoms with E-state index in [0.29, 0.717) is 18.5 Å². The van der Waals surface area contributed by atoms with Gasteiger partial charge in [0.1, 0.15) is 0 Å². The molecule has 7 heteroatoms. The lowest BCUT2D eigenvalue weighted by Crippen LogP contribution is -2.36. The first-order chi connectivity index (χ1) is 12.2. The highest BCUT2D eigenvalue weighted by Gasteiger charge is 2.18. The van der Waals surface area contributed by atoms with Gasteiger partial charge in [-0.05, 0) is 43.1 Å². The van der Waals surface area contributed by atoms with Crippen molar-refractivity contribution < 1.29 is 4.39 Å². The second-order valence-corrected chi connectivity index (χ2v) is 6.53. The van der Waals surface area contributed by atoms with E-state index in [9.17, 15) is 4.39 Å². The number of benzene rings is 1. The number of fused-ring (bicyclic) bond motifs is 1. The van der Waals surface area contributed by atoms with E-state index >= 15 is 0 Å². The van der Waals surface area contributed by atoms with Gasteiger partial charge in [-0.2, -0.15) is 4.98 Å². The van der Waals surface area contributed by atoms with Gasteiger partial charge in [0.15, 0.2) is 11.6 Å². The van der Waals surface area contributed by atoms with Crippen LogP contribution < -0.4 is 15.5 Å². The minimum absolute atomic E-state index is 0.199. The zero-order chi connectivity index (χ0) is 17.2. The molecule has 1 fully saturated rings. The van der Waals surface area contributed by atoms with Crippen molar-refractivity contribution in [2.24, 2.45) is 4.99 Å². The van der Waals surface area contributed by atoms with Crippen LogP contribution in [0.2, 0.25) is 0 Å². The molecule has 0 amide bonds. The molecular weight excluding hydrogens is 319 g/mol. The average Bonchev–Trinajstić information content (AvgIpc) is 2.96. The van der Waals surface area contributed by atoms with E-state index in [2.05, 4.69) is 37.4 Å². The predicted molar refractivity (Wildman–Crippen MR) is 97.3 cm³/mol. The van der Waals surface area contributed by atoms with Crippen LogP contribution >= 0.6 is 0 Å². The molecule has 0 spiro atoms. The normalized spacial score (nSPS) is 19.6. The Morgan fingerprint density at radius 1 is 1.36 bits per heavy atom. The zero-order valence-electron chi connectivity index (χ0n) is 14.2. The van der Waals surface area contributed by atoms with Crippen LogP contribution in [0, 0.1) is 5.82 Å². The molecule has 2 aromatic rings. The van der Waals surface area contributed by atoms with Crippen LogP contribution in [0.1, 0.15) is 24.5 Å². The molecular formula is C18H21FN6. The number of anilines is 3. The molecule has 0 radical (unpaired) electrons. The summed E-state index contributed by atoms with van der Waals surface area (Å²) in [5.74, 6) is 0.297. The summed E-state index contributed by atoms with van der Waals surface area (Å²) in [6.45, 7) is 5.48. The summed E-state index contributed by atoms with van der Waals surface area (Å²) < 4.78 is 14.2. The highest BCUT2D eigenvalue weighted by atomic mass is 19.1. The summed E-state index contributed by atoms with van der Waals surface area (Å²) in [6, 6.07) is 6.24. The van der Waals surface area contributed by atoms with Gasteiger partial charge >= 0.3 is 0 Å². The van der Waals surface area contributed by atoms with Crippen molar-refractivity contribution in [3.63, 3.8) is 0 Å². The Labute approximate surface area is 146 Å². The SMILES string of the molecule is CC1CN(c2ncc(F)c(Nc3ccc4c(c3)C=NC4)n2)CCCN1. The zero-order valence-corrected chi connectivity index (χ0v) is 14.2. The van der Waals surface area contributed by atoms with Crippen molar-refractivity contribution in [2.45, 2.75) is 25.9 Å². The number of aromatic nitrogens is 2. The van der Waals surface area contributed by atoms with Crippen LogP contribution in [-0.2, 0) is 6.54 Å². The molecule has 0 aliphatic carbocycles. The number of rotatable bonds is 3. The predicted octanol–water partition coefficient (Wildman–Crippen LogP) is 2.48. The molecule has 130 valence electrons. The van der Waals surface area contributed by atoms with Crippen LogP contribution in [0.3, 0.4) is 0 Å². The van der Waals surface area contributed by atoms with Crippen LogP contribution in [0.4, 0.5) is 21.8 Å². The third-order valence-corrected chi connectivity index (χ3v) is 4.51. The summed E-state index contributed by atoms with van der Waals surface area (Å²) in [6.07, 6.45) is 4.09. The highest BCUT2D eigenvalue weighted by molar-refractivity contribution is 5.86. The second kappa shape index (κ2) is 6.76. The molecule has 4 rings (SSSR count). The summed E-state index contributed by atoms with van der Waals surface area (Å²) in [7, 11) is 0. The van der Waals surface area contributed by atoms with Crippen LogP contribution in [0.25, 0.3) is 0 Å². The molecule has 1 saturated heterocycles. The molecule has 2 N–H and O–H groups in total. The molecule has 2 aliphatic heterocycles. The standard InChI is InChI=1S/C18H21FN6/c1-12-11-25(6-2-5-21-12)18-22-10-16(19)17(24-18)23-15-4-3-13-8-20-9-14(13)7-15/h3-4,7,9-10,12,21H,2,5-6,8,11H2,1H3,(H,22,23,24). The maximum absolute atomic E-state index is 14.2. The Balaban J connectivity index is 1.58. The van der Waals surface area contributed by atoms with E-state index in [-0.39, 0.29) is 5.82 Å². The quantitative estimate of drug-likeness (QED) is 0.899. The summed E-state index contributed by atoms with van der Waals surface area (Å²) >= 11 is 0. The second-order valence-electron chi connectivity index (χ2n) is 6.53. The van der Waals surface area contributed by atoms with Gasteiger partial charge in [-0.25, -0.2) is 9.37 Å². The largest absolute Gasteiger partial charge is 0.339 e. The molecule has 25 heavy (non-hydrogen) atoms. The van der Waals surface area contributed by atoms with Gasteiger partial charge in [0.05, 0.1) is 12.7 Å². The third-order valence-electron chi connectivity index (χ3n) is 4.51.